The van der Waals surface area contributed by atoms with Gasteiger partial charge in [0.2, 0.25) is 0 Å². The monoisotopic (exact) mass is 529 g/mol. The van der Waals surface area contributed by atoms with Crippen molar-refractivity contribution in [2.75, 3.05) is 0 Å². The van der Waals surface area contributed by atoms with Crippen LogP contribution in [0.4, 0.5) is 0 Å². The van der Waals surface area contributed by atoms with Crippen LogP contribution in [-0.4, -0.2) is 14.5 Å². The Bertz CT molecular complexity index is 2070. The van der Waals surface area contributed by atoms with Crippen molar-refractivity contribution in [2.45, 2.75) is 0 Å². The predicted octanol–water partition coefficient (Wildman–Crippen LogP) is 9.79. The third-order valence-electron chi connectivity index (χ3n) is 7.44. The molecule has 0 amide bonds. The van der Waals surface area contributed by atoms with E-state index < -0.39 is 0 Å². The Morgan fingerprint density at radius 3 is 1.85 bits per heavy atom. The molecule has 0 aliphatic heterocycles. The molecule has 0 unspecified atom stereocenters. The molecule has 188 valence electrons. The van der Waals surface area contributed by atoms with Gasteiger partial charge in [-0.05, 0) is 60.0 Å². The summed E-state index contributed by atoms with van der Waals surface area (Å²) in [6.45, 7) is 0. The maximum absolute atomic E-state index is 5.08. The molecule has 8 aromatic rings. The molecule has 3 nitrogen and oxygen atoms in total. The van der Waals surface area contributed by atoms with Crippen LogP contribution in [0.25, 0.3) is 70.8 Å². The second-order valence-electron chi connectivity index (χ2n) is 9.89. The van der Waals surface area contributed by atoms with E-state index in [1.165, 1.54) is 31.9 Å². The second-order valence-corrected chi connectivity index (χ2v) is 11.0. The first-order chi connectivity index (χ1) is 19.8. The number of nitrogens with zero attached hydrogens (tertiary/aromatic N) is 3. The summed E-state index contributed by atoms with van der Waals surface area (Å²) in [6, 6.07) is 49.0. The van der Waals surface area contributed by atoms with Crippen molar-refractivity contribution in [1.29, 1.82) is 0 Å². The minimum absolute atomic E-state index is 0.725. The number of thiophene rings is 1. The number of para-hydroxylation sites is 2. The van der Waals surface area contributed by atoms with Gasteiger partial charge in [-0.25, -0.2) is 9.97 Å². The fourth-order valence-corrected chi connectivity index (χ4v) is 6.55. The second kappa shape index (κ2) is 9.30. The minimum atomic E-state index is 0.725. The number of hydrogen-bond acceptors (Lipinski definition) is 3. The summed E-state index contributed by atoms with van der Waals surface area (Å²) in [4.78, 5) is 11.3. The Labute approximate surface area is 235 Å². The molecule has 0 saturated heterocycles. The van der Waals surface area contributed by atoms with E-state index in [-0.39, 0.29) is 0 Å². The molecule has 0 N–H and O–H groups in total. The first-order valence-corrected chi connectivity index (χ1v) is 14.2. The molecule has 3 aromatic heterocycles. The third kappa shape index (κ3) is 3.81. The molecule has 5 aromatic carbocycles. The summed E-state index contributed by atoms with van der Waals surface area (Å²) in [5, 5.41) is 3.75. The lowest BCUT2D eigenvalue weighted by Crippen LogP contribution is -1.97. The lowest BCUT2D eigenvalue weighted by Gasteiger charge is -2.11. The predicted molar refractivity (Wildman–Crippen MR) is 168 cm³/mol. The molecule has 0 atom stereocenters. The fourth-order valence-electron chi connectivity index (χ4n) is 5.53. The largest absolute Gasteiger partial charge is 0.309 e. The molecule has 0 radical (unpaired) electrons. The van der Waals surface area contributed by atoms with Gasteiger partial charge in [-0.2, -0.15) is 0 Å². The van der Waals surface area contributed by atoms with Crippen molar-refractivity contribution in [3.63, 3.8) is 0 Å². The van der Waals surface area contributed by atoms with Crippen molar-refractivity contribution in [3.05, 3.63) is 140 Å². The zero-order valence-electron chi connectivity index (χ0n) is 21.5. The van der Waals surface area contributed by atoms with Crippen LogP contribution in [0.2, 0.25) is 0 Å². The molecule has 3 heterocycles. The summed E-state index contributed by atoms with van der Waals surface area (Å²) in [7, 11) is 0. The molecule has 0 saturated carbocycles. The van der Waals surface area contributed by atoms with E-state index in [4.69, 9.17) is 9.97 Å². The highest BCUT2D eigenvalue weighted by atomic mass is 32.1. The van der Waals surface area contributed by atoms with Gasteiger partial charge in [0.05, 0.1) is 27.3 Å². The molecular weight excluding hydrogens is 506 g/mol. The molecule has 0 aliphatic rings. The molecule has 0 fully saturated rings. The Kier molecular flexibility index (Phi) is 5.32. The van der Waals surface area contributed by atoms with E-state index in [1.54, 1.807) is 11.3 Å². The molecule has 4 heteroatoms. The molecule has 0 bridgehead atoms. The maximum Gasteiger partial charge on any atom is 0.160 e. The molecule has 8 rings (SSSR count). The van der Waals surface area contributed by atoms with Crippen LogP contribution in [0.1, 0.15) is 0 Å². The third-order valence-corrected chi connectivity index (χ3v) is 8.58. The van der Waals surface area contributed by atoms with Gasteiger partial charge < -0.3 is 4.57 Å². The number of rotatable bonds is 4. The van der Waals surface area contributed by atoms with Gasteiger partial charge in [-0.15, -0.1) is 11.3 Å². The van der Waals surface area contributed by atoms with Crippen molar-refractivity contribution >= 4 is 43.2 Å². The van der Waals surface area contributed by atoms with E-state index in [1.807, 2.05) is 6.07 Å². The lowest BCUT2D eigenvalue weighted by molar-refractivity contribution is 1.16. The first kappa shape index (κ1) is 22.9. The average molecular weight is 530 g/mol. The Morgan fingerprint density at radius 1 is 0.500 bits per heavy atom. The highest BCUT2D eigenvalue weighted by Crippen LogP contribution is 2.36. The van der Waals surface area contributed by atoms with Crippen molar-refractivity contribution in [1.82, 2.24) is 14.5 Å². The smallest absolute Gasteiger partial charge is 0.160 e. The maximum atomic E-state index is 5.08. The van der Waals surface area contributed by atoms with E-state index in [2.05, 4.69) is 138 Å². The number of fused-ring (bicyclic) bond motifs is 4. The van der Waals surface area contributed by atoms with Crippen molar-refractivity contribution in [2.24, 2.45) is 0 Å². The lowest BCUT2D eigenvalue weighted by atomic mass is 10.1. The van der Waals surface area contributed by atoms with E-state index in [9.17, 15) is 0 Å². The van der Waals surface area contributed by atoms with Crippen LogP contribution in [0, 0.1) is 0 Å². The number of benzene rings is 5. The topological polar surface area (TPSA) is 30.7 Å². The Balaban J connectivity index is 1.27. The summed E-state index contributed by atoms with van der Waals surface area (Å²) in [5.41, 5.74) is 7.45. The Hall–Kier alpha value is -5.06. The highest BCUT2D eigenvalue weighted by Gasteiger charge is 2.14. The van der Waals surface area contributed by atoms with Crippen LogP contribution in [-0.2, 0) is 0 Å². The van der Waals surface area contributed by atoms with Crippen LogP contribution < -0.4 is 0 Å². The van der Waals surface area contributed by atoms with Crippen LogP contribution >= 0.6 is 11.3 Å². The van der Waals surface area contributed by atoms with Crippen LogP contribution in [0.3, 0.4) is 0 Å². The van der Waals surface area contributed by atoms with Crippen LogP contribution in [0.15, 0.2) is 140 Å². The summed E-state index contributed by atoms with van der Waals surface area (Å²) < 4.78 is 3.59. The van der Waals surface area contributed by atoms with Crippen molar-refractivity contribution in [3.8, 4) is 38.9 Å². The van der Waals surface area contributed by atoms with Gasteiger partial charge in [-0.1, -0.05) is 84.9 Å². The van der Waals surface area contributed by atoms with E-state index in [0.29, 0.717) is 0 Å². The van der Waals surface area contributed by atoms with Crippen molar-refractivity contribution < 1.29 is 0 Å². The van der Waals surface area contributed by atoms with Gasteiger partial charge in [0.25, 0.3) is 0 Å². The zero-order chi connectivity index (χ0) is 26.5. The van der Waals surface area contributed by atoms with Crippen LogP contribution in [0.5, 0.6) is 0 Å². The van der Waals surface area contributed by atoms with Gasteiger partial charge in [0.15, 0.2) is 5.82 Å². The van der Waals surface area contributed by atoms with Gasteiger partial charge in [0, 0.05) is 32.3 Å². The first-order valence-electron chi connectivity index (χ1n) is 13.3. The summed E-state index contributed by atoms with van der Waals surface area (Å²) in [5.74, 6) is 0.725. The average Bonchev–Trinajstić information content (AvgIpc) is 3.61. The molecular formula is C36H23N3S. The van der Waals surface area contributed by atoms with E-state index >= 15 is 0 Å². The molecule has 0 aliphatic carbocycles. The molecule has 0 spiro atoms. The number of aromatic nitrogens is 3. The number of hydrogen-bond donors (Lipinski definition) is 0. The fraction of sp³-hybridized carbons (Fsp3) is 0. The highest BCUT2D eigenvalue weighted by molar-refractivity contribution is 7.22. The summed E-state index contributed by atoms with van der Waals surface area (Å²) >= 11 is 1.77. The van der Waals surface area contributed by atoms with Gasteiger partial charge in [-0.3, -0.25) is 0 Å². The Morgan fingerprint density at radius 2 is 1.12 bits per heavy atom. The SMILES string of the molecule is c1ccc(-c2cc(-c3cc4ccccc4s3)nc(-c3ccc(-n4c5ccccc5c5ccccc54)cc3)n2)cc1. The normalized spacial score (nSPS) is 11.5. The molecule has 40 heavy (non-hydrogen) atoms. The standard InChI is InChI=1S/C36H23N3S/c1-2-10-24(11-3-1)30-23-31(35-22-26-12-4-9-17-34(26)40-35)38-36(37-30)25-18-20-27(21-19-25)39-32-15-7-5-13-28(32)29-14-6-8-16-33(29)39/h1-23H. The van der Waals surface area contributed by atoms with Gasteiger partial charge in [0.1, 0.15) is 0 Å². The minimum Gasteiger partial charge on any atom is -0.309 e. The van der Waals surface area contributed by atoms with E-state index in [0.717, 1.165) is 38.9 Å². The quantitative estimate of drug-likeness (QED) is 0.227. The zero-order valence-corrected chi connectivity index (χ0v) is 22.3. The van der Waals surface area contributed by atoms with Gasteiger partial charge >= 0.3 is 0 Å². The summed E-state index contributed by atoms with van der Waals surface area (Å²) in [6.07, 6.45) is 0.